The van der Waals surface area contributed by atoms with Crippen LogP contribution in [0, 0.1) is 0 Å². The van der Waals surface area contributed by atoms with Gasteiger partial charge in [-0.05, 0) is 19.3 Å². The van der Waals surface area contributed by atoms with E-state index in [1.807, 2.05) is 7.05 Å². The molecule has 0 aromatic carbocycles. The van der Waals surface area contributed by atoms with Gasteiger partial charge in [0.15, 0.2) is 0 Å². The first-order valence-corrected chi connectivity index (χ1v) is 5.63. The van der Waals surface area contributed by atoms with Crippen LogP contribution in [-0.2, 0) is 9.53 Å². The van der Waals surface area contributed by atoms with E-state index < -0.39 is 0 Å². The maximum atomic E-state index is 11.7. The molecule has 15 heavy (non-hydrogen) atoms. The van der Waals surface area contributed by atoms with Gasteiger partial charge in [0.25, 0.3) is 0 Å². The molecule has 2 N–H and O–H groups in total. The van der Waals surface area contributed by atoms with Gasteiger partial charge in [0.1, 0.15) is 0 Å². The number of carbonyl (C=O) groups is 1. The molecule has 0 heterocycles. The van der Waals surface area contributed by atoms with E-state index in [1.165, 1.54) is 0 Å². The third-order valence-corrected chi connectivity index (χ3v) is 2.40. The van der Waals surface area contributed by atoms with E-state index in [1.54, 1.807) is 12.0 Å². The molecule has 90 valence electrons. The Labute approximate surface area is 92.8 Å². The van der Waals surface area contributed by atoms with Gasteiger partial charge in [-0.3, -0.25) is 4.79 Å². The topological polar surface area (TPSA) is 55.6 Å². The third kappa shape index (κ3) is 6.47. The Morgan fingerprint density at radius 3 is 2.67 bits per heavy atom. The maximum absolute atomic E-state index is 11.7. The SMILES string of the molecule is CCCCN(C)C(=O)C(N)CCCOC. The minimum Gasteiger partial charge on any atom is -0.385 e. The first-order chi connectivity index (χ1) is 7.13. The summed E-state index contributed by atoms with van der Waals surface area (Å²) in [5.74, 6) is 0.0413. The molecule has 0 fully saturated rings. The lowest BCUT2D eigenvalue weighted by molar-refractivity contribution is -0.131. The second-order valence-corrected chi connectivity index (χ2v) is 3.85. The number of nitrogens with zero attached hydrogens (tertiary/aromatic N) is 1. The van der Waals surface area contributed by atoms with E-state index in [4.69, 9.17) is 10.5 Å². The van der Waals surface area contributed by atoms with Crippen molar-refractivity contribution >= 4 is 5.91 Å². The molecule has 0 aliphatic heterocycles. The molecule has 0 saturated heterocycles. The zero-order valence-corrected chi connectivity index (χ0v) is 10.2. The Hall–Kier alpha value is -0.610. The Morgan fingerprint density at radius 2 is 2.13 bits per heavy atom. The Kier molecular flexibility index (Phi) is 8.33. The summed E-state index contributed by atoms with van der Waals surface area (Å²) in [4.78, 5) is 13.4. The fraction of sp³-hybridized carbons (Fsp3) is 0.909. The quantitative estimate of drug-likeness (QED) is 0.616. The summed E-state index contributed by atoms with van der Waals surface area (Å²) in [6, 6.07) is -0.373. The predicted octanol–water partition coefficient (Wildman–Crippen LogP) is 0.999. The van der Waals surface area contributed by atoms with Crippen LogP contribution in [0.5, 0.6) is 0 Å². The minimum absolute atomic E-state index is 0.0413. The molecule has 0 bridgehead atoms. The highest BCUT2D eigenvalue weighted by Crippen LogP contribution is 2.00. The number of nitrogens with two attached hydrogens (primary N) is 1. The fourth-order valence-electron chi connectivity index (χ4n) is 1.36. The molecular weight excluding hydrogens is 192 g/mol. The molecule has 0 spiro atoms. The summed E-state index contributed by atoms with van der Waals surface area (Å²) >= 11 is 0. The molecule has 0 aromatic heterocycles. The highest BCUT2D eigenvalue weighted by atomic mass is 16.5. The van der Waals surface area contributed by atoms with Gasteiger partial charge in [-0.1, -0.05) is 13.3 Å². The lowest BCUT2D eigenvalue weighted by Gasteiger charge is -2.20. The monoisotopic (exact) mass is 216 g/mol. The summed E-state index contributed by atoms with van der Waals surface area (Å²) < 4.78 is 4.92. The number of amides is 1. The number of methoxy groups -OCH3 is 1. The van der Waals surface area contributed by atoms with Crippen molar-refractivity contribution in [3.63, 3.8) is 0 Å². The minimum atomic E-state index is -0.373. The van der Waals surface area contributed by atoms with Crippen LogP contribution in [0.15, 0.2) is 0 Å². The van der Waals surface area contributed by atoms with E-state index in [0.717, 1.165) is 25.8 Å². The molecule has 4 nitrogen and oxygen atoms in total. The molecule has 0 rings (SSSR count). The first-order valence-electron chi connectivity index (χ1n) is 5.63. The average molecular weight is 216 g/mol. The lowest BCUT2D eigenvalue weighted by Crippen LogP contribution is -2.42. The van der Waals surface area contributed by atoms with Gasteiger partial charge < -0.3 is 15.4 Å². The van der Waals surface area contributed by atoms with E-state index >= 15 is 0 Å². The zero-order chi connectivity index (χ0) is 11.7. The molecule has 1 atom stereocenters. The van der Waals surface area contributed by atoms with E-state index in [2.05, 4.69) is 6.92 Å². The summed E-state index contributed by atoms with van der Waals surface area (Å²) in [6.45, 7) is 3.57. The molecule has 0 saturated carbocycles. The molecular formula is C11H24N2O2. The largest absolute Gasteiger partial charge is 0.385 e. The van der Waals surface area contributed by atoms with Gasteiger partial charge in [0, 0.05) is 27.3 Å². The molecule has 0 aliphatic rings. The summed E-state index contributed by atoms with van der Waals surface area (Å²) in [5.41, 5.74) is 5.78. The van der Waals surface area contributed by atoms with Gasteiger partial charge in [0.05, 0.1) is 6.04 Å². The van der Waals surface area contributed by atoms with Crippen molar-refractivity contribution in [2.24, 2.45) is 5.73 Å². The van der Waals surface area contributed by atoms with Crippen LogP contribution in [-0.4, -0.2) is 44.2 Å². The van der Waals surface area contributed by atoms with Crippen molar-refractivity contribution in [3.05, 3.63) is 0 Å². The van der Waals surface area contributed by atoms with Gasteiger partial charge in [-0.25, -0.2) is 0 Å². The van der Waals surface area contributed by atoms with Gasteiger partial charge in [-0.2, -0.15) is 0 Å². The smallest absolute Gasteiger partial charge is 0.239 e. The molecule has 0 aliphatic carbocycles. The van der Waals surface area contributed by atoms with Crippen molar-refractivity contribution < 1.29 is 9.53 Å². The van der Waals surface area contributed by atoms with Crippen molar-refractivity contribution in [2.45, 2.75) is 38.6 Å². The van der Waals surface area contributed by atoms with Crippen molar-refractivity contribution in [2.75, 3.05) is 27.3 Å². The van der Waals surface area contributed by atoms with E-state index in [0.29, 0.717) is 13.0 Å². The van der Waals surface area contributed by atoms with Crippen LogP contribution in [0.2, 0.25) is 0 Å². The van der Waals surface area contributed by atoms with Crippen LogP contribution < -0.4 is 5.73 Å². The van der Waals surface area contributed by atoms with E-state index in [-0.39, 0.29) is 11.9 Å². The number of carbonyl (C=O) groups excluding carboxylic acids is 1. The van der Waals surface area contributed by atoms with Crippen molar-refractivity contribution in [3.8, 4) is 0 Å². The Bertz CT molecular complexity index is 174. The highest BCUT2D eigenvalue weighted by molar-refractivity contribution is 5.81. The average Bonchev–Trinajstić information content (AvgIpc) is 2.24. The Balaban J connectivity index is 3.75. The second-order valence-electron chi connectivity index (χ2n) is 3.85. The predicted molar refractivity (Wildman–Crippen MR) is 61.6 cm³/mol. The van der Waals surface area contributed by atoms with Gasteiger partial charge in [0.2, 0.25) is 5.91 Å². The maximum Gasteiger partial charge on any atom is 0.239 e. The zero-order valence-electron chi connectivity index (χ0n) is 10.2. The molecule has 4 heteroatoms. The number of likely N-dealkylation sites (N-methyl/N-ethyl adjacent to an activating group) is 1. The van der Waals surface area contributed by atoms with Gasteiger partial charge >= 0.3 is 0 Å². The van der Waals surface area contributed by atoms with E-state index in [9.17, 15) is 4.79 Å². The van der Waals surface area contributed by atoms with Crippen LogP contribution in [0.4, 0.5) is 0 Å². The van der Waals surface area contributed by atoms with Crippen LogP contribution in [0.1, 0.15) is 32.6 Å². The number of ether oxygens (including phenoxy) is 1. The molecule has 1 amide bonds. The standard InChI is InChI=1S/C11H24N2O2/c1-4-5-8-13(2)11(14)10(12)7-6-9-15-3/h10H,4-9,12H2,1-3H3. The normalized spacial score (nSPS) is 12.5. The highest BCUT2D eigenvalue weighted by Gasteiger charge is 2.16. The summed E-state index contributed by atoms with van der Waals surface area (Å²) in [7, 11) is 3.47. The summed E-state index contributed by atoms with van der Waals surface area (Å²) in [6.07, 6.45) is 3.66. The van der Waals surface area contributed by atoms with Gasteiger partial charge in [-0.15, -0.1) is 0 Å². The fourth-order valence-corrected chi connectivity index (χ4v) is 1.36. The molecule has 0 aromatic rings. The summed E-state index contributed by atoms with van der Waals surface area (Å²) in [5, 5.41) is 0. The first kappa shape index (κ1) is 14.4. The van der Waals surface area contributed by atoms with Crippen LogP contribution >= 0.6 is 0 Å². The van der Waals surface area contributed by atoms with Crippen LogP contribution in [0.3, 0.4) is 0 Å². The second kappa shape index (κ2) is 8.68. The third-order valence-electron chi connectivity index (χ3n) is 2.40. The van der Waals surface area contributed by atoms with Crippen molar-refractivity contribution in [1.82, 2.24) is 4.90 Å². The number of rotatable bonds is 8. The van der Waals surface area contributed by atoms with Crippen LogP contribution in [0.25, 0.3) is 0 Å². The number of hydrogen-bond acceptors (Lipinski definition) is 3. The Morgan fingerprint density at radius 1 is 1.47 bits per heavy atom. The molecule has 1 unspecified atom stereocenters. The molecule has 0 radical (unpaired) electrons. The lowest BCUT2D eigenvalue weighted by atomic mass is 10.1. The number of hydrogen-bond donors (Lipinski definition) is 1. The number of unbranched alkanes of at least 4 members (excludes halogenated alkanes) is 1. The van der Waals surface area contributed by atoms with Crippen molar-refractivity contribution in [1.29, 1.82) is 0 Å².